The normalized spacial score (nSPS) is 31.5. The number of allylic oxidation sites excluding steroid dienone is 1. The molecule has 176 valence electrons. The lowest BCUT2D eigenvalue weighted by Crippen LogP contribution is -2.69. The average molecular weight is 452 g/mol. The van der Waals surface area contributed by atoms with Crippen molar-refractivity contribution in [3.8, 4) is 5.75 Å². The monoisotopic (exact) mass is 451 g/mol. The van der Waals surface area contributed by atoms with Crippen molar-refractivity contribution in [3.05, 3.63) is 41.6 Å². The number of ether oxygens (including phenoxy) is 2. The molecule has 4 fully saturated rings. The van der Waals surface area contributed by atoms with E-state index >= 15 is 0 Å². The smallest absolute Gasteiger partial charge is 0.255 e. The summed E-state index contributed by atoms with van der Waals surface area (Å²) in [5, 5.41) is 2.80. The minimum absolute atomic E-state index is 0.0647. The lowest BCUT2D eigenvalue weighted by atomic mass is 9.76. The molecule has 0 radical (unpaired) electrons. The van der Waals surface area contributed by atoms with Gasteiger partial charge in [0.1, 0.15) is 17.9 Å². The van der Waals surface area contributed by atoms with E-state index in [1.165, 1.54) is 25.7 Å². The lowest BCUT2D eigenvalue weighted by molar-refractivity contribution is -0.205. The molecule has 2 amide bonds. The zero-order valence-corrected chi connectivity index (χ0v) is 19.2. The minimum Gasteiger partial charge on any atom is -0.489 e. The van der Waals surface area contributed by atoms with Crippen molar-refractivity contribution < 1.29 is 19.1 Å². The molecule has 33 heavy (non-hydrogen) atoms. The highest BCUT2D eigenvalue weighted by molar-refractivity contribution is 6.01. The van der Waals surface area contributed by atoms with E-state index in [0.717, 1.165) is 49.7 Å². The van der Waals surface area contributed by atoms with E-state index in [1.807, 2.05) is 18.2 Å². The number of hydrogen-bond donors (Lipinski definition) is 1. The number of fused-ring (bicyclic) bond motifs is 1. The van der Waals surface area contributed by atoms with Crippen LogP contribution < -0.4 is 10.1 Å². The van der Waals surface area contributed by atoms with Gasteiger partial charge in [0.05, 0.1) is 13.2 Å². The van der Waals surface area contributed by atoms with E-state index in [2.05, 4.69) is 16.8 Å². The summed E-state index contributed by atoms with van der Waals surface area (Å²) in [7, 11) is 0. The Kier molecular flexibility index (Phi) is 5.22. The second-order valence-electron chi connectivity index (χ2n) is 10.7. The molecule has 1 unspecified atom stereocenters. The van der Waals surface area contributed by atoms with Gasteiger partial charge in [-0.2, -0.15) is 0 Å². The maximum atomic E-state index is 13.0. The molecule has 4 aliphatic heterocycles. The molecular weight excluding hydrogens is 418 g/mol. The third-order valence-electron chi connectivity index (χ3n) is 8.17. The zero-order valence-electron chi connectivity index (χ0n) is 19.2. The van der Waals surface area contributed by atoms with Gasteiger partial charge in [0.15, 0.2) is 0 Å². The molecule has 1 aromatic rings. The number of piperidine rings is 1. The molecule has 6 rings (SSSR count). The number of likely N-dealkylation sites (tertiary alicyclic amines) is 1. The first-order valence-electron chi connectivity index (χ1n) is 12.4. The number of nitrogens with one attached hydrogen (secondary N) is 1. The second-order valence-corrected chi connectivity index (χ2v) is 10.7. The first kappa shape index (κ1) is 21.2. The topological polar surface area (TPSA) is 71.1 Å². The van der Waals surface area contributed by atoms with Gasteiger partial charge >= 0.3 is 0 Å². The summed E-state index contributed by atoms with van der Waals surface area (Å²) in [6, 6.07) is 5.85. The highest BCUT2D eigenvalue weighted by atomic mass is 16.5. The molecule has 1 saturated carbocycles. The fourth-order valence-electron chi connectivity index (χ4n) is 6.31. The van der Waals surface area contributed by atoms with Gasteiger partial charge in [-0.25, -0.2) is 0 Å². The predicted molar refractivity (Wildman–Crippen MR) is 123 cm³/mol. The van der Waals surface area contributed by atoms with Gasteiger partial charge < -0.3 is 19.7 Å². The van der Waals surface area contributed by atoms with Crippen molar-refractivity contribution in [2.45, 2.75) is 69.7 Å². The van der Waals surface area contributed by atoms with Gasteiger partial charge in [-0.05, 0) is 55.9 Å². The van der Waals surface area contributed by atoms with Gasteiger partial charge in [-0.15, -0.1) is 0 Å². The van der Waals surface area contributed by atoms with Crippen molar-refractivity contribution in [1.82, 2.24) is 15.1 Å². The first-order chi connectivity index (χ1) is 16.0. The lowest BCUT2D eigenvalue weighted by Gasteiger charge is -2.58. The summed E-state index contributed by atoms with van der Waals surface area (Å²) in [6.45, 7) is 8.36. The second kappa shape index (κ2) is 8.13. The molecule has 5 aliphatic rings. The number of nitrogens with zero attached hydrogens (tertiary/aromatic N) is 2. The maximum Gasteiger partial charge on any atom is 0.255 e. The molecule has 1 spiro atoms. The molecule has 0 aromatic heterocycles. The fraction of sp³-hybridized carbons (Fsp3) is 0.615. The third-order valence-corrected chi connectivity index (χ3v) is 8.17. The summed E-state index contributed by atoms with van der Waals surface area (Å²) in [5.74, 6) is 0.642. The van der Waals surface area contributed by atoms with Gasteiger partial charge in [0, 0.05) is 42.4 Å². The van der Waals surface area contributed by atoms with Crippen LogP contribution in [0.4, 0.5) is 0 Å². The predicted octanol–water partition coefficient (Wildman–Crippen LogP) is 2.85. The first-order valence-corrected chi connectivity index (χ1v) is 12.4. The Morgan fingerprint density at radius 3 is 2.67 bits per heavy atom. The summed E-state index contributed by atoms with van der Waals surface area (Å²) in [5.41, 5.74) is 2.78. The van der Waals surface area contributed by atoms with Crippen LogP contribution in [-0.4, -0.2) is 66.1 Å². The number of carbonyl (C=O) groups is 2. The van der Waals surface area contributed by atoms with Crippen molar-refractivity contribution in [3.63, 3.8) is 0 Å². The van der Waals surface area contributed by atoms with Crippen LogP contribution in [0.25, 0.3) is 0 Å². The fourth-order valence-corrected chi connectivity index (χ4v) is 6.31. The molecule has 4 heterocycles. The van der Waals surface area contributed by atoms with Crippen LogP contribution in [0.1, 0.15) is 60.9 Å². The van der Waals surface area contributed by atoms with Crippen LogP contribution in [-0.2, 0) is 16.1 Å². The summed E-state index contributed by atoms with van der Waals surface area (Å²) in [4.78, 5) is 29.8. The van der Waals surface area contributed by atoms with Gasteiger partial charge in [-0.1, -0.05) is 19.4 Å². The van der Waals surface area contributed by atoms with Crippen LogP contribution in [0.3, 0.4) is 0 Å². The van der Waals surface area contributed by atoms with Gasteiger partial charge in [0.25, 0.3) is 5.91 Å². The summed E-state index contributed by atoms with van der Waals surface area (Å²) < 4.78 is 12.1. The van der Waals surface area contributed by atoms with Crippen molar-refractivity contribution in [1.29, 1.82) is 0 Å². The number of carbonyl (C=O) groups excluding carboxylic acids is 2. The van der Waals surface area contributed by atoms with Gasteiger partial charge in [-0.3, -0.25) is 14.5 Å². The van der Waals surface area contributed by atoms with Crippen molar-refractivity contribution in [2.24, 2.45) is 5.41 Å². The van der Waals surface area contributed by atoms with Crippen LogP contribution in [0.5, 0.6) is 5.75 Å². The molecular formula is C26H33N3O4. The number of hydrogen-bond acceptors (Lipinski definition) is 5. The van der Waals surface area contributed by atoms with Crippen LogP contribution in [0, 0.1) is 5.41 Å². The molecule has 1 aliphatic carbocycles. The Morgan fingerprint density at radius 1 is 1.09 bits per heavy atom. The standard InChI is InChI=1S/C26H33N3O4/c1-17-7-10-22(24(30)27-17)29-12-18-11-19(8-9-20(18)25(29)31)33-23-6-4-2-3-5-21(23)28-13-26(14-28)15-32-16-26/h8-9,11,21-23H,1-7,10,12-16H2,(H,27,30)/t21-,22?,23+/m0/s1. The zero-order chi connectivity index (χ0) is 22.6. The van der Waals surface area contributed by atoms with Crippen molar-refractivity contribution >= 4 is 11.8 Å². The molecule has 7 nitrogen and oxygen atoms in total. The highest BCUT2D eigenvalue weighted by Crippen LogP contribution is 2.41. The summed E-state index contributed by atoms with van der Waals surface area (Å²) >= 11 is 0. The molecule has 7 heteroatoms. The van der Waals surface area contributed by atoms with E-state index in [0.29, 0.717) is 36.4 Å². The Balaban J connectivity index is 1.16. The van der Waals surface area contributed by atoms with Crippen LogP contribution in [0.15, 0.2) is 30.5 Å². The number of benzene rings is 1. The maximum absolute atomic E-state index is 13.0. The van der Waals surface area contributed by atoms with Crippen molar-refractivity contribution in [2.75, 3.05) is 26.3 Å². The Morgan fingerprint density at radius 2 is 1.91 bits per heavy atom. The van der Waals surface area contributed by atoms with Crippen LogP contribution >= 0.6 is 0 Å². The van der Waals surface area contributed by atoms with E-state index in [1.54, 1.807) is 4.90 Å². The average Bonchev–Trinajstić information content (AvgIpc) is 2.89. The summed E-state index contributed by atoms with van der Waals surface area (Å²) in [6.07, 6.45) is 7.48. The van der Waals surface area contributed by atoms with E-state index in [-0.39, 0.29) is 17.9 Å². The third kappa shape index (κ3) is 3.75. The number of amides is 2. The molecule has 3 atom stereocenters. The quantitative estimate of drug-likeness (QED) is 0.713. The number of rotatable bonds is 4. The van der Waals surface area contributed by atoms with E-state index < -0.39 is 6.04 Å². The Hall–Kier alpha value is -2.38. The van der Waals surface area contributed by atoms with E-state index in [9.17, 15) is 9.59 Å². The molecule has 1 N–H and O–H groups in total. The molecule has 0 bridgehead atoms. The Labute approximate surface area is 195 Å². The van der Waals surface area contributed by atoms with Gasteiger partial charge in [0.2, 0.25) is 5.91 Å². The minimum atomic E-state index is -0.430. The largest absolute Gasteiger partial charge is 0.489 e. The molecule has 3 saturated heterocycles. The SMILES string of the molecule is C=C1CCC(N2Cc3cc(O[C@@H]4CCCCC[C@@H]4N4CC5(COC5)C4)ccc3C2=O)C(=O)N1. The highest BCUT2D eigenvalue weighted by Gasteiger charge is 2.52. The van der Waals surface area contributed by atoms with E-state index in [4.69, 9.17) is 9.47 Å². The van der Waals surface area contributed by atoms with Crippen LogP contribution in [0.2, 0.25) is 0 Å². The molecule has 1 aromatic carbocycles. The Bertz CT molecular complexity index is 980.